The lowest BCUT2D eigenvalue weighted by atomic mass is 10.1. The zero-order valence-corrected chi connectivity index (χ0v) is 17.9. The molecular formula is C25H26N6O. The van der Waals surface area contributed by atoms with Gasteiger partial charge < -0.3 is 15.6 Å². The minimum absolute atomic E-state index is 0.0219. The van der Waals surface area contributed by atoms with Crippen LogP contribution in [0.2, 0.25) is 0 Å². The Hall–Kier alpha value is -3.71. The maximum absolute atomic E-state index is 13.1. The van der Waals surface area contributed by atoms with E-state index in [1.54, 1.807) is 6.07 Å². The van der Waals surface area contributed by atoms with Gasteiger partial charge >= 0.3 is 0 Å². The highest BCUT2D eigenvalue weighted by atomic mass is 16.2. The number of aromatic amines is 1. The lowest BCUT2D eigenvalue weighted by Gasteiger charge is -2.34. The quantitative estimate of drug-likeness (QED) is 0.511. The van der Waals surface area contributed by atoms with Gasteiger partial charge in [-0.1, -0.05) is 60.7 Å². The molecule has 0 bridgehead atoms. The molecule has 32 heavy (non-hydrogen) atoms. The lowest BCUT2D eigenvalue weighted by Crippen LogP contribution is -2.49. The standard InChI is InChI=1S/C25H26N6O/c26-22-20-17-21(27-24(20)29-23(28-22)19-9-5-2-6-10-19)25(32)31-15-13-30(14-16-31)12-11-18-7-3-1-4-8-18/h1-10,17H,11-16H2,(H3,26,27,28,29). The smallest absolute Gasteiger partial charge is 0.270 e. The van der Waals surface area contributed by atoms with Crippen molar-refractivity contribution in [2.45, 2.75) is 6.42 Å². The van der Waals surface area contributed by atoms with Gasteiger partial charge in [-0.2, -0.15) is 0 Å². The number of hydrogen-bond acceptors (Lipinski definition) is 5. The molecule has 1 fully saturated rings. The van der Waals surface area contributed by atoms with Gasteiger partial charge in [0.05, 0.1) is 5.39 Å². The molecule has 0 spiro atoms. The Labute approximate surface area is 186 Å². The fourth-order valence-electron chi connectivity index (χ4n) is 4.14. The van der Waals surface area contributed by atoms with Crippen molar-refractivity contribution in [1.82, 2.24) is 24.8 Å². The van der Waals surface area contributed by atoms with Crippen LogP contribution in [0.1, 0.15) is 16.1 Å². The first kappa shape index (κ1) is 20.2. The Morgan fingerprint density at radius 1 is 0.938 bits per heavy atom. The Balaban J connectivity index is 1.25. The fourth-order valence-corrected chi connectivity index (χ4v) is 4.14. The zero-order valence-electron chi connectivity index (χ0n) is 17.9. The molecule has 7 heteroatoms. The van der Waals surface area contributed by atoms with Gasteiger partial charge in [0.1, 0.15) is 17.2 Å². The predicted octanol–water partition coefficient (Wildman–Crippen LogP) is 3.21. The molecule has 162 valence electrons. The molecule has 1 saturated heterocycles. The second-order valence-corrected chi connectivity index (χ2v) is 8.11. The molecule has 0 saturated carbocycles. The SMILES string of the molecule is Nc1nc(-c2ccccc2)nc2[nH]c(C(=O)N3CCN(CCc4ccccc4)CC3)cc12. The normalized spacial score (nSPS) is 14.7. The van der Waals surface area contributed by atoms with Crippen molar-refractivity contribution in [2.75, 3.05) is 38.5 Å². The van der Waals surface area contributed by atoms with Gasteiger partial charge in [-0.15, -0.1) is 0 Å². The van der Waals surface area contributed by atoms with Gasteiger partial charge in [-0.05, 0) is 18.1 Å². The van der Waals surface area contributed by atoms with Gasteiger partial charge in [-0.3, -0.25) is 9.69 Å². The summed E-state index contributed by atoms with van der Waals surface area (Å²) < 4.78 is 0. The molecule has 1 aliphatic heterocycles. The molecular weight excluding hydrogens is 400 g/mol. The van der Waals surface area contributed by atoms with E-state index in [-0.39, 0.29) is 5.91 Å². The molecule has 7 nitrogen and oxygen atoms in total. The molecule has 0 unspecified atom stereocenters. The average Bonchev–Trinajstić information content (AvgIpc) is 3.29. The molecule has 2 aromatic carbocycles. The van der Waals surface area contributed by atoms with E-state index < -0.39 is 0 Å². The number of H-pyrrole nitrogens is 1. The van der Waals surface area contributed by atoms with E-state index in [2.05, 4.69) is 44.1 Å². The number of rotatable bonds is 5. The number of anilines is 1. The van der Waals surface area contributed by atoms with Crippen LogP contribution in [0.4, 0.5) is 5.82 Å². The average molecular weight is 427 g/mol. The fraction of sp³-hybridized carbons (Fsp3) is 0.240. The highest BCUT2D eigenvalue weighted by Gasteiger charge is 2.24. The van der Waals surface area contributed by atoms with Gasteiger partial charge in [0.15, 0.2) is 5.82 Å². The zero-order chi connectivity index (χ0) is 21.9. The Morgan fingerprint density at radius 2 is 1.62 bits per heavy atom. The van der Waals surface area contributed by atoms with Crippen molar-refractivity contribution in [2.24, 2.45) is 0 Å². The van der Waals surface area contributed by atoms with E-state index in [1.807, 2.05) is 41.3 Å². The number of carbonyl (C=O) groups excluding carboxylic acids is 1. The number of carbonyl (C=O) groups is 1. The van der Waals surface area contributed by atoms with Crippen molar-refractivity contribution in [3.8, 4) is 11.4 Å². The topological polar surface area (TPSA) is 91.1 Å². The largest absolute Gasteiger partial charge is 0.383 e. The molecule has 1 aliphatic rings. The van der Waals surface area contributed by atoms with Crippen LogP contribution in [-0.4, -0.2) is 63.4 Å². The summed E-state index contributed by atoms with van der Waals surface area (Å²) in [5.74, 6) is 0.893. The Bertz CT molecular complexity index is 1210. The summed E-state index contributed by atoms with van der Waals surface area (Å²) in [6.45, 7) is 4.17. The number of aromatic nitrogens is 3. The van der Waals surface area contributed by atoms with E-state index in [4.69, 9.17) is 5.73 Å². The molecule has 3 N–H and O–H groups in total. The number of nitrogens with one attached hydrogen (secondary N) is 1. The van der Waals surface area contributed by atoms with Crippen LogP contribution < -0.4 is 5.73 Å². The van der Waals surface area contributed by atoms with Gasteiger partial charge in [0.2, 0.25) is 0 Å². The molecule has 3 heterocycles. The number of nitrogen functional groups attached to an aromatic ring is 1. The monoisotopic (exact) mass is 426 g/mol. The van der Waals surface area contributed by atoms with E-state index in [0.29, 0.717) is 41.5 Å². The van der Waals surface area contributed by atoms with Crippen molar-refractivity contribution >= 4 is 22.8 Å². The van der Waals surface area contributed by atoms with Crippen LogP contribution in [0, 0.1) is 0 Å². The third-order valence-corrected chi connectivity index (χ3v) is 6.00. The molecule has 2 aromatic heterocycles. The number of amides is 1. The van der Waals surface area contributed by atoms with Gasteiger partial charge in [0.25, 0.3) is 5.91 Å². The van der Waals surface area contributed by atoms with Gasteiger partial charge in [0, 0.05) is 38.3 Å². The molecule has 0 aliphatic carbocycles. The number of fused-ring (bicyclic) bond motifs is 1. The summed E-state index contributed by atoms with van der Waals surface area (Å²) in [5.41, 5.74) is 9.50. The summed E-state index contributed by atoms with van der Waals surface area (Å²) in [7, 11) is 0. The highest BCUT2D eigenvalue weighted by molar-refractivity contribution is 6.00. The highest BCUT2D eigenvalue weighted by Crippen LogP contribution is 2.24. The third kappa shape index (κ3) is 4.20. The van der Waals surface area contributed by atoms with Crippen LogP contribution in [0.25, 0.3) is 22.4 Å². The van der Waals surface area contributed by atoms with Gasteiger partial charge in [-0.25, -0.2) is 9.97 Å². The number of benzene rings is 2. The van der Waals surface area contributed by atoms with E-state index in [1.165, 1.54) is 5.56 Å². The van der Waals surface area contributed by atoms with Crippen molar-refractivity contribution in [3.05, 3.63) is 78.0 Å². The third-order valence-electron chi connectivity index (χ3n) is 6.00. The summed E-state index contributed by atoms with van der Waals surface area (Å²) in [6, 6.07) is 22.0. The second-order valence-electron chi connectivity index (χ2n) is 8.11. The molecule has 4 aromatic rings. The summed E-state index contributed by atoms with van der Waals surface area (Å²) >= 11 is 0. The molecule has 0 atom stereocenters. The van der Waals surface area contributed by atoms with Crippen LogP contribution in [0.3, 0.4) is 0 Å². The van der Waals surface area contributed by atoms with Crippen molar-refractivity contribution in [1.29, 1.82) is 0 Å². The Morgan fingerprint density at radius 3 is 2.34 bits per heavy atom. The van der Waals surface area contributed by atoms with Crippen molar-refractivity contribution < 1.29 is 4.79 Å². The van der Waals surface area contributed by atoms with E-state index in [0.717, 1.165) is 31.6 Å². The second kappa shape index (κ2) is 8.80. The maximum atomic E-state index is 13.1. The Kier molecular flexibility index (Phi) is 5.56. The van der Waals surface area contributed by atoms with Crippen LogP contribution in [-0.2, 0) is 6.42 Å². The minimum Gasteiger partial charge on any atom is -0.383 e. The molecule has 0 radical (unpaired) electrons. The number of nitrogens with zero attached hydrogens (tertiary/aromatic N) is 4. The van der Waals surface area contributed by atoms with Crippen molar-refractivity contribution in [3.63, 3.8) is 0 Å². The first-order chi connectivity index (χ1) is 15.7. The summed E-state index contributed by atoms with van der Waals surface area (Å²) in [5, 5.41) is 0.675. The lowest BCUT2D eigenvalue weighted by molar-refractivity contribution is 0.0633. The van der Waals surface area contributed by atoms with Crippen LogP contribution in [0.15, 0.2) is 66.7 Å². The first-order valence-electron chi connectivity index (χ1n) is 10.9. The first-order valence-corrected chi connectivity index (χ1v) is 10.9. The number of piperazine rings is 1. The predicted molar refractivity (Wildman–Crippen MR) is 126 cm³/mol. The van der Waals surface area contributed by atoms with E-state index in [9.17, 15) is 4.79 Å². The molecule has 5 rings (SSSR count). The number of nitrogens with two attached hydrogens (primary N) is 1. The molecule has 1 amide bonds. The van der Waals surface area contributed by atoms with Crippen LogP contribution in [0.5, 0.6) is 0 Å². The summed E-state index contributed by atoms with van der Waals surface area (Å²) in [6.07, 6.45) is 1.03. The maximum Gasteiger partial charge on any atom is 0.270 e. The van der Waals surface area contributed by atoms with Crippen LogP contribution >= 0.6 is 0 Å². The number of hydrogen-bond donors (Lipinski definition) is 2. The minimum atomic E-state index is -0.0219. The summed E-state index contributed by atoms with van der Waals surface area (Å²) in [4.78, 5) is 29.6. The van der Waals surface area contributed by atoms with E-state index >= 15 is 0 Å².